The van der Waals surface area contributed by atoms with E-state index in [0.717, 1.165) is 23.5 Å². The zero-order chi connectivity index (χ0) is 39.3. The molecule has 11 rings (SSSR count). The van der Waals surface area contributed by atoms with Crippen molar-refractivity contribution < 1.29 is 0 Å². The van der Waals surface area contributed by atoms with Crippen molar-refractivity contribution in [1.29, 1.82) is 0 Å². The maximum absolute atomic E-state index is 2.47. The summed E-state index contributed by atoms with van der Waals surface area (Å²) in [6.45, 7) is 2.31. The van der Waals surface area contributed by atoms with Gasteiger partial charge in [-0.1, -0.05) is 177 Å². The van der Waals surface area contributed by atoms with Gasteiger partial charge in [-0.2, -0.15) is 0 Å². The van der Waals surface area contributed by atoms with Gasteiger partial charge in [-0.25, -0.2) is 0 Å². The maximum Gasteiger partial charge on any atom is 0.0540 e. The summed E-state index contributed by atoms with van der Waals surface area (Å²) in [4.78, 5) is 2.47. The van der Waals surface area contributed by atoms with E-state index in [1.165, 1.54) is 86.2 Å². The van der Waals surface area contributed by atoms with Gasteiger partial charge in [0.25, 0.3) is 0 Å². The average Bonchev–Trinajstić information content (AvgIpc) is 3.68. The Labute approximate surface area is 349 Å². The van der Waals surface area contributed by atoms with Gasteiger partial charge in [-0.05, 0) is 115 Å². The van der Waals surface area contributed by atoms with Crippen LogP contribution in [0.4, 0.5) is 17.1 Å². The van der Waals surface area contributed by atoms with Crippen LogP contribution in [-0.2, 0) is 0 Å². The molecule has 10 aromatic rings. The summed E-state index contributed by atoms with van der Waals surface area (Å²) in [5, 5.41) is 7.64. The zero-order valence-corrected chi connectivity index (χ0v) is 33.7. The highest BCUT2D eigenvalue weighted by Crippen LogP contribution is 2.47. The molecule has 0 spiro atoms. The third-order valence-corrected chi connectivity index (χ3v) is 13.1. The van der Waals surface area contributed by atoms with Gasteiger partial charge < -0.3 is 4.90 Å². The third kappa shape index (κ3) is 6.25. The van der Waals surface area contributed by atoms with Gasteiger partial charge in [-0.3, -0.25) is 0 Å². The maximum atomic E-state index is 2.47. The number of anilines is 3. The van der Waals surface area contributed by atoms with E-state index in [2.05, 4.69) is 224 Å². The first-order valence-corrected chi connectivity index (χ1v) is 21.4. The summed E-state index contributed by atoms with van der Waals surface area (Å²) in [6, 6.07) is 71.6. The molecule has 280 valence electrons. The van der Waals surface area contributed by atoms with Gasteiger partial charge in [0.05, 0.1) is 5.69 Å². The van der Waals surface area contributed by atoms with Crippen LogP contribution in [0.3, 0.4) is 0 Å². The first-order chi connectivity index (χ1) is 29.2. The van der Waals surface area contributed by atoms with Crippen molar-refractivity contribution >= 4 is 75.7 Å². The Morgan fingerprint density at radius 2 is 1.03 bits per heavy atom. The number of benzene rings is 9. The first-order valence-electron chi connectivity index (χ1n) is 20.6. The molecule has 1 heterocycles. The Morgan fingerprint density at radius 1 is 0.458 bits per heavy atom. The number of hydrogen-bond donors (Lipinski definition) is 0. The van der Waals surface area contributed by atoms with Gasteiger partial charge in [0, 0.05) is 37.1 Å². The van der Waals surface area contributed by atoms with Gasteiger partial charge in [0.2, 0.25) is 0 Å². The van der Waals surface area contributed by atoms with Crippen LogP contribution in [0.5, 0.6) is 0 Å². The van der Waals surface area contributed by atoms with Crippen LogP contribution in [0.15, 0.2) is 212 Å². The second-order valence-corrected chi connectivity index (χ2v) is 16.8. The fourth-order valence-electron chi connectivity index (χ4n) is 9.27. The monoisotopic (exact) mass is 771 g/mol. The molecule has 0 fully saturated rings. The molecule has 0 unspecified atom stereocenters. The molecule has 0 radical (unpaired) electrons. The molecular weight excluding hydrogens is 731 g/mol. The predicted molar refractivity (Wildman–Crippen MR) is 256 cm³/mol. The molecule has 1 nitrogen and oxygen atoms in total. The fourth-order valence-corrected chi connectivity index (χ4v) is 10.4. The van der Waals surface area contributed by atoms with Gasteiger partial charge in [0.15, 0.2) is 0 Å². The molecule has 0 amide bonds. The molecular formula is C57H41NS. The molecule has 0 N–H and O–H groups in total. The molecule has 0 saturated heterocycles. The zero-order valence-electron chi connectivity index (χ0n) is 32.8. The van der Waals surface area contributed by atoms with E-state index < -0.39 is 0 Å². The van der Waals surface area contributed by atoms with Crippen LogP contribution in [0.1, 0.15) is 18.9 Å². The minimum Gasteiger partial charge on any atom is -0.310 e. The second kappa shape index (κ2) is 14.7. The summed E-state index contributed by atoms with van der Waals surface area (Å²) < 4.78 is 2.62. The van der Waals surface area contributed by atoms with Crippen LogP contribution < -0.4 is 4.90 Å². The Kier molecular flexibility index (Phi) is 8.79. The minimum absolute atomic E-state index is 0.499. The number of para-hydroxylation sites is 1. The normalized spacial score (nSPS) is 14.0. The Balaban J connectivity index is 1.15. The van der Waals surface area contributed by atoms with Crippen molar-refractivity contribution in [3.63, 3.8) is 0 Å². The Bertz CT molecular complexity index is 3280. The first kappa shape index (κ1) is 35.2. The Hall–Kier alpha value is -7.00. The van der Waals surface area contributed by atoms with Crippen molar-refractivity contribution in [3.8, 4) is 33.4 Å². The lowest BCUT2D eigenvalue weighted by atomic mass is 9.87. The van der Waals surface area contributed by atoms with Crippen molar-refractivity contribution in [3.05, 3.63) is 218 Å². The number of hydrogen-bond acceptors (Lipinski definition) is 2. The van der Waals surface area contributed by atoms with E-state index in [0.29, 0.717) is 5.92 Å². The smallest absolute Gasteiger partial charge is 0.0540 e. The molecule has 1 aliphatic rings. The van der Waals surface area contributed by atoms with Gasteiger partial charge >= 0.3 is 0 Å². The highest BCUT2D eigenvalue weighted by atomic mass is 32.1. The number of nitrogens with zero attached hydrogens (tertiary/aromatic N) is 1. The number of rotatable bonds is 7. The Morgan fingerprint density at radius 3 is 1.85 bits per heavy atom. The fraction of sp³-hybridized carbons (Fsp3) is 0.0526. The molecule has 2 heteroatoms. The van der Waals surface area contributed by atoms with E-state index in [1.807, 2.05) is 11.3 Å². The number of thiophene rings is 1. The summed E-state index contributed by atoms with van der Waals surface area (Å²) in [6.07, 6.45) is 8.15. The average molecular weight is 772 g/mol. The van der Waals surface area contributed by atoms with Crippen LogP contribution in [0.25, 0.3) is 80.7 Å². The molecule has 1 aromatic heterocycles. The van der Waals surface area contributed by atoms with Crippen molar-refractivity contribution in [2.24, 2.45) is 5.92 Å². The van der Waals surface area contributed by atoms with E-state index in [-0.39, 0.29) is 0 Å². The highest BCUT2D eigenvalue weighted by molar-refractivity contribution is 7.25. The van der Waals surface area contributed by atoms with Gasteiger partial charge in [-0.15, -0.1) is 11.3 Å². The van der Waals surface area contributed by atoms with Crippen LogP contribution in [0.2, 0.25) is 0 Å². The van der Waals surface area contributed by atoms with Crippen LogP contribution >= 0.6 is 11.3 Å². The molecule has 9 aromatic carbocycles. The number of allylic oxidation sites excluding steroid dienone is 4. The van der Waals surface area contributed by atoms with Crippen LogP contribution in [0, 0.1) is 5.92 Å². The lowest BCUT2D eigenvalue weighted by Crippen LogP contribution is -2.11. The molecule has 1 atom stereocenters. The quantitative estimate of drug-likeness (QED) is 0.156. The second-order valence-electron chi connectivity index (χ2n) is 15.7. The summed E-state index contributed by atoms with van der Waals surface area (Å²) in [7, 11) is 0. The van der Waals surface area contributed by atoms with Crippen molar-refractivity contribution in [1.82, 2.24) is 0 Å². The van der Waals surface area contributed by atoms with Crippen molar-refractivity contribution in [2.45, 2.75) is 13.3 Å². The van der Waals surface area contributed by atoms with E-state index in [9.17, 15) is 0 Å². The van der Waals surface area contributed by atoms with E-state index in [4.69, 9.17) is 0 Å². The topological polar surface area (TPSA) is 3.24 Å². The standard InChI is InChI=1S/C57H41NS/c1-38-15-8-20-41(35-38)48-29-12-18-40-19-13-31-51(56(40)48)50-26-4-6-32-53(50)58(44-23-9-21-42(36-44)47-28-11-17-39-16-2-3-25-46(39)47)45-24-10-22-43(37-45)49-30-14-34-55-57(49)52-27-5-7-33-54(52)59-55/h2-14,16-38H,15H2,1H3/t38-/m1/s1. The predicted octanol–water partition coefficient (Wildman–Crippen LogP) is 16.8. The van der Waals surface area contributed by atoms with Gasteiger partial charge in [0.1, 0.15) is 0 Å². The molecule has 59 heavy (non-hydrogen) atoms. The summed E-state index contributed by atoms with van der Waals surface area (Å²) in [5.74, 6) is 0.499. The lowest BCUT2D eigenvalue weighted by Gasteiger charge is -2.29. The molecule has 0 saturated carbocycles. The molecule has 0 aliphatic heterocycles. The molecule has 1 aliphatic carbocycles. The largest absolute Gasteiger partial charge is 0.310 e. The van der Waals surface area contributed by atoms with E-state index in [1.54, 1.807) is 0 Å². The highest BCUT2D eigenvalue weighted by Gasteiger charge is 2.22. The summed E-state index contributed by atoms with van der Waals surface area (Å²) in [5.41, 5.74) is 13.2. The SMILES string of the molecule is C[C@H]1C=C(c2cccc3cccc(-c4ccccc4N(c4cccc(-c5cccc6ccccc56)c4)c4cccc(-c5cccc6sc7ccccc7c56)c4)c23)C=CC1. The molecule has 0 bridgehead atoms. The van der Waals surface area contributed by atoms with E-state index >= 15 is 0 Å². The lowest BCUT2D eigenvalue weighted by molar-refractivity contribution is 0.740. The van der Waals surface area contributed by atoms with Crippen molar-refractivity contribution in [2.75, 3.05) is 4.90 Å². The summed E-state index contributed by atoms with van der Waals surface area (Å²) >= 11 is 1.87. The van der Waals surface area contributed by atoms with Crippen LogP contribution in [-0.4, -0.2) is 0 Å². The third-order valence-electron chi connectivity index (χ3n) is 11.9. The minimum atomic E-state index is 0.499. The number of fused-ring (bicyclic) bond motifs is 5.